The summed E-state index contributed by atoms with van der Waals surface area (Å²) in [7, 11) is 0. The molecule has 0 fully saturated rings. The van der Waals surface area contributed by atoms with E-state index in [1.807, 2.05) is 42.5 Å². The van der Waals surface area contributed by atoms with Crippen molar-refractivity contribution in [3.63, 3.8) is 0 Å². The Labute approximate surface area is 112 Å². The van der Waals surface area contributed by atoms with E-state index in [9.17, 15) is 9.90 Å². The first-order valence-electron chi connectivity index (χ1n) is 6.20. The fourth-order valence-corrected chi connectivity index (χ4v) is 2.19. The summed E-state index contributed by atoms with van der Waals surface area (Å²) in [6.07, 6.45) is 0.571. The molecular weight excluding hydrogens is 240 g/mol. The van der Waals surface area contributed by atoms with Crippen LogP contribution in [0.15, 0.2) is 54.6 Å². The van der Waals surface area contributed by atoms with Crippen molar-refractivity contribution in [1.29, 1.82) is 0 Å². The van der Waals surface area contributed by atoms with Crippen molar-refractivity contribution in [1.82, 2.24) is 0 Å². The summed E-state index contributed by atoms with van der Waals surface area (Å²) in [5.41, 5.74) is 1.76. The second-order valence-corrected chi connectivity index (χ2v) is 4.54. The minimum absolute atomic E-state index is 0.0539. The van der Waals surface area contributed by atoms with Gasteiger partial charge in [0, 0.05) is 0 Å². The Morgan fingerprint density at radius 3 is 2.26 bits per heavy atom. The van der Waals surface area contributed by atoms with Gasteiger partial charge in [-0.2, -0.15) is 0 Å². The molecule has 2 N–H and O–H groups in total. The van der Waals surface area contributed by atoms with Crippen LogP contribution in [-0.4, -0.2) is 16.2 Å². The van der Waals surface area contributed by atoms with Gasteiger partial charge >= 0.3 is 5.97 Å². The number of carboxylic acids is 1. The average molecular weight is 256 g/mol. The third kappa shape index (κ3) is 3.58. The Bertz CT molecular complexity index is 549. The molecule has 0 aliphatic carbocycles. The van der Waals surface area contributed by atoms with Crippen LogP contribution in [0.4, 0.5) is 0 Å². The molecule has 2 rings (SSSR count). The number of phenolic OH excluding ortho intramolecular Hbond substituents is 1. The molecule has 0 bridgehead atoms. The first-order chi connectivity index (χ1) is 9.16. The summed E-state index contributed by atoms with van der Waals surface area (Å²) in [6.45, 7) is 0. The molecule has 3 nitrogen and oxygen atoms in total. The van der Waals surface area contributed by atoms with Crippen molar-refractivity contribution in [3.8, 4) is 5.75 Å². The lowest BCUT2D eigenvalue weighted by atomic mass is 9.89. The maximum Gasteiger partial charge on any atom is 0.303 e. The highest BCUT2D eigenvalue weighted by molar-refractivity contribution is 5.68. The number of hydrogen-bond acceptors (Lipinski definition) is 2. The van der Waals surface area contributed by atoms with Gasteiger partial charge in [-0.3, -0.25) is 4.79 Å². The minimum Gasteiger partial charge on any atom is -0.508 e. The number of phenols is 1. The van der Waals surface area contributed by atoms with E-state index in [1.165, 1.54) is 0 Å². The zero-order valence-electron chi connectivity index (χ0n) is 10.5. The molecule has 2 aromatic carbocycles. The molecule has 1 atom stereocenters. The van der Waals surface area contributed by atoms with Crippen LogP contribution in [0.3, 0.4) is 0 Å². The van der Waals surface area contributed by atoms with E-state index in [2.05, 4.69) is 0 Å². The lowest BCUT2D eigenvalue weighted by Crippen LogP contribution is -2.09. The third-order valence-electron chi connectivity index (χ3n) is 3.15. The fraction of sp³-hybridized carbons (Fsp3) is 0.188. The van der Waals surface area contributed by atoms with Gasteiger partial charge in [0.15, 0.2) is 0 Å². The van der Waals surface area contributed by atoms with Gasteiger partial charge in [-0.1, -0.05) is 48.5 Å². The molecule has 0 amide bonds. The summed E-state index contributed by atoms with van der Waals surface area (Å²) in [4.78, 5) is 11.0. The standard InChI is InChI=1S/C16H16O3/c17-15-9-5-4-8-13(15)10-14(11-16(18)19)12-6-2-1-3-7-12/h1-9,14,17H,10-11H2,(H,18,19)/t14-/m0/s1. The Balaban J connectivity index is 2.24. The van der Waals surface area contributed by atoms with E-state index in [0.717, 1.165) is 11.1 Å². The van der Waals surface area contributed by atoms with Gasteiger partial charge in [-0.05, 0) is 29.5 Å². The Morgan fingerprint density at radius 2 is 1.63 bits per heavy atom. The Morgan fingerprint density at radius 1 is 1.00 bits per heavy atom. The number of rotatable bonds is 5. The van der Waals surface area contributed by atoms with Gasteiger partial charge in [0.2, 0.25) is 0 Å². The Hall–Kier alpha value is -2.29. The van der Waals surface area contributed by atoms with Gasteiger partial charge in [0.05, 0.1) is 6.42 Å². The van der Waals surface area contributed by atoms with E-state index in [1.54, 1.807) is 12.1 Å². The highest BCUT2D eigenvalue weighted by Crippen LogP contribution is 2.28. The molecule has 19 heavy (non-hydrogen) atoms. The zero-order valence-corrected chi connectivity index (χ0v) is 10.5. The van der Waals surface area contributed by atoms with E-state index in [0.29, 0.717) is 6.42 Å². The summed E-state index contributed by atoms with van der Waals surface area (Å²) in [5, 5.41) is 18.8. The number of benzene rings is 2. The van der Waals surface area contributed by atoms with Crippen LogP contribution in [0.5, 0.6) is 5.75 Å². The molecule has 98 valence electrons. The van der Waals surface area contributed by atoms with Gasteiger partial charge in [-0.15, -0.1) is 0 Å². The van der Waals surface area contributed by atoms with Gasteiger partial charge in [-0.25, -0.2) is 0 Å². The van der Waals surface area contributed by atoms with Gasteiger partial charge in [0.25, 0.3) is 0 Å². The molecule has 0 unspecified atom stereocenters. The predicted octanol–water partition coefficient (Wildman–Crippen LogP) is 3.19. The fourth-order valence-electron chi connectivity index (χ4n) is 2.19. The van der Waals surface area contributed by atoms with Crippen molar-refractivity contribution in [2.24, 2.45) is 0 Å². The first kappa shape index (κ1) is 13.1. The molecule has 0 heterocycles. The number of para-hydroxylation sites is 1. The SMILES string of the molecule is O=C(O)C[C@H](Cc1ccccc1O)c1ccccc1. The second-order valence-electron chi connectivity index (χ2n) is 4.54. The molecule has 0 aliphatic heterocycles. The maximum atomic E-state index is 11.0. The van der Waals surface area contributed by atoms with Crippen LogP contribution in [0, 0.1) is 0 Å². The minimum atomic E-state index is -0.829. The van der Waals surface area contributed by atoms with Crippen LogP contribution < -0.4 is 0 Å². The van der Waals surface area contributed by atoms with Crippen molar-refractivity contribution in [3.05, 3.63) is 65.7 Å². The normalized spacial score (nSPS) is 12.0. The number of hydrogen-bond donors (Lipinski definition) is 2. The molecule has 0 aromatic heterocycles. The summed E-state index contributed by atoms with van der Waals surface area (Å²) < 4.78 is 0. The molecule has 0 saturated heterocycles. The highest BCUT2D eigenvalue weighted by atomic mass is 16.4. The molecule has 0 spiro atoms. The van der Waals surface area contributed by atoms with Crippen molar-refractivity contribution in [2.45, 2.75) is 18.8 Å². The van der Waals surface area contributed by atoms with E-state index in [-0.39, 0.29) is 18.1 Å². The number of aromatic hydroxyl groups is 1. The molecule has 2 aromatic rings. The molecule has 0 saturated carbocycles. The van der Waals surface area contributed by atoms with Gasteiger partial charge in [0.1, 0.15) is 5.75 Å². The van der Waals surface area contributed by atoms with E-state index in [4.69, 9.17) is 5.11 Å². The van der Waals surface area contributed by atoms with Crippen LogP contribution in [0.25, 0.3) is 0 Å². The number of carbonyl (C=O) groups is 1. The third-order valence-corrected chi connectivity index (χ3v) is 3.15. The van der Waals surface area contributed by atoms with Crippen molar-refractivity contribution >= 4 is 5.97 Å². The molecule has 0 aliphatic rings. The topological polar surface area (TPSA) is 57.5 Å². The van der Waals surface area contributed by atoms with Crippen LogP contribution >= 0.6 is 0 Å². The largest absolute Gasteiger partial charge is 0.508 e. The summed E-state index contributed by atoms with van der Waals surface area (Å²) in [5.74, 6) is -0.745. The lowest BCUT2D eigenvalue weighted by molar-refractivity contribution is -0.137. The van der Waals surface area contributed by atoms with E-state index < -0.39 is 5.97 Å². The van der Waals surface area contributed by atoms with Crippen LogP contribution in [-0.2, 0) is 11.2 Å². The quantitative estimate of drug-likeness (QED) is 0.863. The molecule has 3 heteroatoms. The van der Waals surface area contributed by atoms with Gasteiger partial charge < -0.3 is 10.2 Å². The zero-order chi connectivity index (χ0) is 13.7. The van der Waals surface area contributed by atoms with Crippen LogP contribution in [0.2, 0.25) is 0 Å². The number of carboxylic acid groups (broad SMARTS) is 1. The highest BCUT2D eigenvalue weighted by Gasteiger charge is 2.17. The molecule has 0 radical (unpaired) electrons. The summed E-state index contributed by atoms with van der Waals surface area (Å²) in [6, 6.07) is 16.6. The lowest BCUT2D eigenvalue weighted by Gasteiger charge is -2.16. The monoisotopic (exact) mass is 256 g/mol. The second kappa shape index (κ2) is 6.05. The predicted molar refractivity (Wildman–Crippen MR) is 73.2 cm³/mol. The summed E-state index contributed by atoms with van der Waals surface area (Å²) >= 11 is 0. The van der Waals surface area contributed by atoms with Crippen LogP contribution in [0.1, 0.15) is 23.5 Å². The maximum absolute atomic E-state index is 11.0. The first-order valence-corrected chi connectivity index (χ1v) is 6.20. The van der Waals surface area contributed by atoms with Crippen molar-refractivity contribution in [2.75, 3.05) is 0 Å². The Kier molecular flexibility index (Phi) is 4.18. The van der Waals surface area contributed by atoms with E-state index >= 15 is 0 Å². The number of aliphatic carboxylic acids is 1. The average Bonchev–Trinajstić information content (AvgIpc) is 2.41. The molecular formula is C16H16O3. The van der Waals surface area contributed by atoms with Crippen molar-refractivity contribution < 1.29 is 15.0 Å². The smallest absolute Gasteiger partial charge is 0.303 e.